The molecule has 1 nitrogen and oxygen atoms in total. The van der Waals surface area contributed by atoms with Crippen LogP contribution in [0.4, 0.5) is 4.39 Å². The molecule has 1 aliphatic carbocycles. The normalized spacial score (nSPS) is 19.4. The van der Waals surface area contributed by atoms with Crippen LogP contribution in [0.5, 0.6) is 0 Å². The second-order valence-corrected chi connectivity index (χ2v) is 4.62. The van der Waals surface area contributed by atoms with E-state index >= 15 is 0 Å². The Bertz CT molecular complexity index is 347. The highest BCUT2D eigenvalue weighted by Gasteiger charge is 2.25. The maximum absolute atomic E-state index is 13.7. The summed E-state index contributed by atoms with van der Waals surface area (Å²) in [7, 11) is 0. The summed E-state index contributed by atoms with van der Waals surface area (Å²) in [6.45, 7) is 0. The van der Waals surface area contributed by atoms with Gasteiger partial charge in [-0.3, -0.25) is 0 Å². The predicted molar refractivity (Wildman–Crippen MR) is 60.3 cm³/mol. The first-order valence-corrected chi connectivity index (χ1v) is 5.77. The summed E-state index contributed by atoms with van der Waals surface area (Å²) in [6.07, 6.45) is 4.63. The summed E-state index contributed by atoms with van der Waals surface area (Å²) in [5.41, 5.74) is 6.64. The monoisotopic (exact) mass is 227 g/mol. The van der Waals surface area contributed by atoms with E-state index in [2.05, 4.69) is 0 Å². The topological polar surface area (TPSA) is 26.0 Å². The fraction of sp³-hybridized carbons (Fsp3) is 0.500. The molecule has 15 heavy (non-hydrogen) atoms. The van der Waals surface area contributed by atoms with E-state index in [1.54, 1.807) is 18.2 Å². The van der Waals surface area contributed by atoms with Gasteiger partial charge in [0.25, 0.3) is 0 Å². The van der Waals surface area contributed by atoms with Gasteiger partial charge in [0.2, 0.25) is 0 Å². The molecule has 1 aromatic rings. The van der Waals surface area contributed by atoms with Gasteiger partial charge >= 0.3 is 0 Å². The van der Waals surface area contributed by atoms with E-state index in [4.69, 9.17) is 17.3 Å². The molecule has 0 spiro atoms. The molecule has 82 valence electrons. The number of rotatable bonds is 2. The highest BCUT2D eigenvalue weighted by molar-refractivity contribution is 6.30. The van der Waals surface area contributed by atoms with E-state index in [9.17, 15) is 4.39 Å². The standard InChI is InChI=1S/C12H15ClFN/c13-10-7-3-6-9(11(10)14)12(15)8-4-1-2-5-8/h3,6-8,12H,1-2,4-5,15H2/t12-/m0/s1. The first kappa shape index (κ1) is 10.9. The summed E-state index contributed by atoms with van der Waals surface area (Å²) < 4.78 is 13.7. The van der Waals surface area contributed by atoms with Crippen LogP contribution in [0.2, 0.25) is 5.02 Å². The molecule has 0 aliphatic heterocycles. The van der Waals surface area contributed by atoms with Crippen molar-refractivity contribution in [2.45, 2.75) is 31.7 Å². The van der Waals surface area contributed by atoms with Gasteiger partial charge in [-0.2, -0.15) is 0 Å². The third kappa shape index (κ3) is 2.16. The predicted octanol–water partition coefficient (Wildman–Crippen LogP) is 3.67. The average Bonchev–Trinajstić information content (AvgIpc) is 2.74. The lowest BCUT2D eigenvalue weighted by Gasteiger charge is -2.19. The minimum Gasteiger partial charge on any atom is -0.324 e. The van der Waals surface area contributed by atoms with E-state index in [-0.39, 0.29) is 16.9 Å². The smallest absolute Gasteiger partial charge is 0.146 e. The van der Waals surface area contributed by atoms with E-state index in [1.165, 1.54) is 12.8 Å². The van der Waals surface area contributed by atoms with Gasteiger partial charge in [0.15, 0.2) is 0 Å². The van der Waals surface area contributed by atoms with Crippen LogP contribution >= 0.6 is 11.6 Å². The van der Waals surface area contributed by atoms with E-state index < -0.39 is 0 Å². The summed E-state index contributed by atoms with van der Waals surface area (Å²) in [5, 5.41) is 0.168. The minimum atomic E-state index is -0.349. The van der Waals surface area contributed by atoms with Crippen molar-refractivity contribution < 1.29 is 4.39 Å². The quantitative estimate of drug-likeness (QED) is 0.820. The molecule has 0 aromatic heterocycles. The van der Waals surface area contributed by atoms with Crippen LogP contribution in [0, 0.1) is 11.7 Å². The van der Waals surface area contributed by atoms with Gasteiger partial charge in [-0.05, 0) is 24.8 Å². The number of halogens is 2. The van der Waals surface area contributed by atoms with Crippen LogP contribution in [-0.2, 0) is 0 Å². The van der Waals surface area contributed by atoms with Crippen molar-refractivity contribution in [3.63, 3.8) is 0 Å². The van der Waals surface area contributed by atoms with Gasteiger partial charge in [-0.25, -0.2) is 4.39 Å². The minimum absolute atomic E-state index is 0.168. The fourth-order valence-electron chi connectivity index (χ4n) is 2.35. The second kappa shape index (κ2) is 4.50. The molecule has 2 N–H and O–H groups in total. The molecule has 0 radical (unpaired) electrons. The molecule has 1 atom stereocenters. The van der Waals surface area contributed by atoms with Crippen molar-refractivity contribution in [3.05, 3.63) is 34.6 Å². The zero-order valence-corrected chi connectivity index (χ0v) is 9.30. The van der Waals surface area contributed by atoms with Crippen LogP contribution in [0.1, 0.15) is 37.3 Å². The Morgan fingerprint density at radius 3 is 2.67 bits per heavy atom. The molecule has 2 rings (SSSR count). The molecule has 3 heteroatoms. The highest BCUT2D eigenvalue weighted by Crippen LogP contribution is 2.35. The first-order chi connectivity index (χ1) is 7.20. The van der Waals surface area contributed by atoms with E-state index in [0.717, 1.165) is 12.8 Å². The van der Waals surface area contributed by atoms with Crippen molar-refractivity contribution >= 4 is 11.6 Å². The van der Waals surface area contributed by atoms with E-state index in [0.29, 0.717) is 11.5 Å². The molecule has 0 unspecified atom stereocenters. The Labute approximate surface area is 94.4 Å². The van der Waals surface area contributed by atoms with Gasteiger partial charge in [-0.1, -0.05) is 36.6 Å². The van der Waals surface area contributed by atoms with Gasteiger partial charge < -0.3 is 5.73 Å². The average molecular weight is 228 g/mol. The lowest BCUT2D eigenvalue weighted by molar-refractivity contribution is 0.429. The van der Waals surface area contributed by atoms with Crippen LogP contribution in [-0.4, -0.2) is 0 Å². The maximum Gasteiger partial charge on any atom is 0.146 e. The zero-order valence-electron chi connectivity index (χ0n) is 8.55. The Morgan fingerprint density at radius 1 is 1.33 bits per heavy atom. The third-order valence-corrected chi connectivity index (χ3v) is 3.54. The SMILES string of the molecule is N[C@H](c1cccc(Cl)c1F)C1CCCC1. The van der Waals surface area contributed by atoms with Gasteiger partial charge in [0, 0.05) is 11.6 Å². The molecular formula is C12H15ClFN. The number of hydrogen-bond acceptors (Lipinski definition) is 1. The van der Waals surface area contributed by atoms with Crippen molar-refractivity contribution in [2.24, 2.45) is 11.7 Å². The van der Waals surface area contributed by atoms with Crippen LogP contribution in [0.3, 0.4) is 0 Å². The lowest BCUT2D eigenvalue weighted by Crippen LogP contribution is -2.20. The largest absolute Gasteiger partial charge is 0.324 e. The Hall–Kier alpha value is -0.600. The Kier molecular flexibility index (Phi) is 3.27. The highest BCUT2D eigenvalue weighted by atomic mass is 35.5. The summed E-state index contributed by atoms with van der Waals surface area (Å²) in [4.78, 5) is 0. The van der Waals surface area contributed by atoms with Gasteiger partial charge in [-0.15, -0.1) is 0 Å². The van der Waals surface area contributed by atoms with Gasteiger partial charge in [0.05, 0.1) is 5.02 Å². The van der Waals surface area contributed by atoms with Crippen molar-refractivity contribution in [1.29, 1.82) is 0 Å². The fourth-order valence-corrected chi connectivity index (χ4v) is 2.53. The first-order valence-electron chi connectivity index (χ1n) is 5.39. The summed E-state index contributed by atoms with van der Waals surface area (Å²) in [5.74, 6) is 0.0662. The molecule has 0 bridgehead atoms. The van der Waals surface area contributed by atoms with Crippen LogP contribution < -0.4 is 5.73 Å². The number of benzene rings is 1. The Balaban J connectivity index is 2.24. The molecule has 0 saturated heterocycles. The zero-order chi connectivity index (χ0) is 10.8. The lowest BCUT2D eigenvalue weighted by atomic mass is 9.92. The number of hydrogen-bond donors (Lipinski definition) is 1. The van der Waals surface area contributed by atoms with Crippen molar-refractivity contribution in [3.8, 4) is 0 Å². The summed E-state index contributed by atoms with van der Waals surface area (Å²) in [6, 6.07) is 4.85. The van der Waals surface area contributed by atoms with Crippen molar-refractivity contribution in [1.82, 2.24) is 0 Å². The van der Waals surface area contributed by atoms with Gasteiger partial charge in [0.1, 0.15) is 5.82 Å². The van der Waals surface area contributed by atoms with Crippen LogP contribution in [0.15, 0.2) is 18.2 Å². The third-order valence-electron chi connectivity index (χ3n) is 3.25. The maximum atomic E-state index is 13.7. The van der Waals surface area contributed by atoms with Crippen LogP contribution in [0.25, 0.3) is 0 Å². The summed E-state index contributed by atoms with van der Waals surface area (Å²) >= 11 is 5.73. The van der Waals surface area contributed by atoms with Crippen molar-refractivity contribution in [2.75, 3.05) is 0 Å². The number of nitrogens with two attached hydrogens (primary N) is 1. The molecule has 1 aliphatic rings. The molecule has 0 amide bonds. The molecule has 1 aromatic carbocycles. The molecule has 0 heterocycles. The molecule has 1 fully saturated rings. The molecule has 1 saturated carbocycles. The molecular weight excluding hydrogens is 213 g/mol. The second-order valence-electron chi connectivity index (χ2n) is 4.21. The Morgan fingerprint density at radius 2 is 2.00 bits per heavy atom. The van der Waals surface area contributed by atoms with E-state index in [1.807, 2.05) is 0 Å².